The number of phenolic OH excluding ortho intramolecular Hbond substituents is 1. The van der Waals surface area contributed by atoms with E-state index in [0.29, 0.717) is 41.3 Å². The Morgan fingerprint density at radius 1 is 1.10 bits per heavy atom. The number of methoxy groups -OCH3 is 2. The highest BCUT2D eigenvalue weighted by molar-refractivity contribution is 5.94. The Kier molecular flexibility index (Phi) is 6.29. The molecule has 0 fully saturated rings. The zero-order valence-electron chi connectivity index (χ0n) is 16.1. The van der Waals surface area contributed by atoms with Crippen LogP contribution in [0.4, 0.5) is 4.39 Å². The van der Waals surface area contributed by atoms with Crippen molar-refractivity contribution in [3.63, 3.8) is 0 Å². The van der Waals surface area contributed by atoms with Gasteiger partial charge in [0.25, 0.3) is 5.91 Å². The van der Waals surface area contributed by atoms with E-state index in [-0.39, 0.29) is 17.5 Å². The lowest BCUT2D eigenvalue weighted by Gasteiger charge is -2.11. The van der Waals surface area contributed by atoms with Gasteiger partial charge >= 0.3 is 0 Å². The molecule has 150 valence electrons. The molecule has 1 heterocycles. The van der Waals surface area contributed by atoms with Crippen molar-refractivity contribution in [1.82, 2.24) is 10.3 Å². The fourth-order valence-electron chi connectivity index (χ4n) is 2.86. The molecule has 3 rings (SSSR count). The lowest BCUT2D eigenvalue weighted by Crippen LogP contribution is -2.25. The van der Waals surface area contributed by atoms with Gasteiger partial charge in [-0.25, -0.2) is 4.39 Å². The SMILES string of the molecule is COc1cc(CCNC(=O)c2ccc(-c3cccc(F)c3)nc2)cc(OC)c1O. The highest BCUT2D eigenvalue weighted by Crippen LogP contribution is 2.37. The molecule has 0 aliphatic heterocycles. The smallest absolute Gasteiger partial charge is 0.252 e. The van der Waals surface area contributed by atoms with Crippen LogP contribution in [0.25, 0.3) is 11.3 Å². The van der Waals surface area contributed by atoms with Crippen LogP contribution in [0, 0.1) is 5.82 Å². The molecular weight excluding hydrogens is 375 g/mol. The number of rotatable bonds is 7. The number of phenols is 1. The van der Waals surface area contributed by atoms with Gasteiger partial charge in [0.1, 0.15) is 5.82 Å². The van der Waals surface area contributed by atoms with Crippen LogP contribution < -0.4 is 14.8 Å². The highest BCUT2D eigenvalue weighted by Gasteiger charge is 2.12. The highest BCUT2D eigenvalue weighted by atomic mass is 19.1. The van der Waals surface area contributed by atoms with Crippen LogP contribution in [0.5, 0.6) is 17.2 Å². The van der Waals surface area contributed by atoms with Crippen molar-refractivity contribution in [2.45, 2.75) is 6.42 Å². The number of hydrogen-bond donors (Lipinski definition) is 2. The van der Waals surface area contributed by atoms with Gasteiger partial charge in [-0.2, -0.15) is 0 Å². The molecule has 7 heteroatoms. The maximum atomic E-state index is 13.3. The van der Waals surface area contributed by atoms with E-state index in [9.17, 15) is 14.3 Å². The second-order valence-corrected chi connectivity index (χ2v) is 6.30. The number of amides is 1. The number of benzene rings is 2. The summed E-state index contributed by atoms with van der Waals surface area (Å²) in [5.41, 5.74) is 2.49. The minimum Gasteiger partial charge on any atom is -0.502 e. The van der Waals surface area contributed by atoms with Crippen molar-refractivity contribution in [3.05, 3.63) is 71.7 Å². The minimum atomic E-state index is -0.339. The summed E-state index contributed by atoms with van der Waals surface area (Å²) in [4.78, 5) is 16.6. The zero-order chi connectivity index (χ0) is 20.8. The number of carbonyl (C=O) groups excluding carboxylic acids is 1. The third-order valence-corrected chi connectivity index (χ3v) is 4.38. The fourth-order valence-corrected chi connectivity index (χ4v) is 2.86. The van der Waals surface area contributed by atoms with Crippen LogP contribution in [0.3, 0.4) is 0 Å². The number of nitrogens with zero attached hydrogens (tertiary/aromatic N) is 1. The quantitative estimate of drug-likeness (QED) is 0.638. The third-order valence-electron chi connectivity index (χ3n) is 4.38. The Labute approximate surface area is 167 Å². The van der Waals surface area contributed by atoms with Gasteiger partial charge in [0, 0.05) is 18.3 Å². The fraction of sp³-hybridized carbons (Fsp3) is 0.182. The first kappa shape index (κ1) is 20.1. The molecule has 1 aromatic heterocycles. The predicted molar refractivity (Wildman–Crippen MR) is 107 cm³/mol. The summed E-state index contributed by atoms with van der Waals surface area (Å²) in [7, 11) is 2.92. The van der Waals surface area contributed by atoms with E-state index in [0.717, 1.165) is 5.56 Å². The second-order valence-electron chi connectivity index (χ2n) is 6.30. The van der Waals surface area contributed by atoms with Gasteiger partial charge in [0.2, 0.25) is 5.75 Å². The molecule has 2 aromatic carbocycles. The number of carbonyl (C=O) groups is 1. The number of hydrogen-bond acceptors (Lipinski definition) is 5. The molecule has 2 N–H and O–H groups in total. The summed E-state index contributed by atoms with van der Waals surface area (Å²) in [6.07, 6.45) is 1.98. The Morgan fingerprint density at radius 2 is 1.83 bits per heavy atom. The monoisotopic (exact) mass is 396 g/mol. The average molecular weight is 396 g/mol. The van der Waals surface area contributed by atoms with E-state index in [1.54, 1.807) is 36.4 Å². The molecule has 1 amide bonds. The molecule has 0 unspecified atom stereocenters. The summed E-state index contributed by atoms with van der Waals surface area (Å²) < 4.78 is 23.6. The minimum absolute atomic E-state index is 0.0627. The van der Waals surface area contributed by atoms with Gasteiger partial charge in [0.05, 0.1) is 25.5 Å². The molecule has 0 aliphatic carbocycles. The Bertz CT molecular complexity index is 981. The van der Waals surface area contributed by atoms with Crippen LogP contribution in [-0.4, -0.2) is 36.8 Å². The molecule has 0 saturated carbocycles. The third kappa shape index (κ3) is 4.82. The van der Waals surface area contributed by atoms with Crippen LogP contribution in [0.15, 0.2) is 54.7 Å². The topological polar surface area (TPSA) is 80.7 Å². The predicted octanol–water partition coefficient (Wildman–Crippen LogP) is 3.58. The van der Waals surface area contributed by atoms with Crippen molar-refractivity contribution >= 4 is 5.91 Å². The Hall–Kier alpha value is -3.61. The van der Waals surface area contributed by atoms with Gasteiger partial charge in [-0.3, -0.25) is 9.78 Å². The van der Waals surface area contributed by atoms with E-state index in [2.05, 4.69) is 10.3 Å². The molecule has 29 heavy (non-hydrogen) atoms. The molecule has 0 saturated heterocycles. The molecule has 0 bridgehead atoms. The number of nitrogens with one attached hydrogen (secondary N) is 1. The van der Waals surface area contributed by atoms with E-state index < -0.39 is 0 Å². The summed E-state index contributed by atoms with van der Waals surface area (Å²) >= 11 is 0. The van der Waals surface area contributed by atoms with Crippen molar-refractivity contribution < 1.29 is 23.8 Å². The summed E-state index contributed by atoms with van der Waals surface area (Å²) in [6.45, 7) is 0.377. The van der Waals surface area contributed by atoms with E-state index in [4.69, 9.17) is 9.47 Å². The summed E-state index contributed by atoms with van der Waals surface area (Å²) in [5.74, 6) is -0.0486. The van der Waals surface area contributed by atoms with Crippen molar-refractivity contribution in [1.29, 1.82) is 0 Å². The van der Waals surface area contributed by atoms with Crippen LogP contribution in [-0.2, 0) is 6.42 Å². The zero-order valence-corrected chi connectivity index (χ0v) is 16.1. The normalized spacial score (nSPS) is 10.4. The molecule has 0 radical (unpaired) electrons. The largest absolute Gasteiger partial charge is 0.502 e. The first-order valence-electron chi connectivity index (χ1n) is 8.96. The second kappa shape index (κ2) is 9.05. The molecule has 0 atom stereocenters. The van der Waals surface area contributed by atoms with Crippen molar-refractivity contribution in [2.75, 3.05) is 20.8 Å². The molecule has 3 aromatic rings. The molecule has 0 aliphatic rings. The van der Waals surface area contributed by atoms with Gasteiger partial charge in [-0.15, -0.1) is 0 Å². The first-order chi connectivity index (χ1) is 14.0. The van der Waals surface area contributed by atoms with E-state index in [1.165, 1.54) is 32.5 Å². The van der Waals surface area contributed by atoms with Crippen LogP contribution in [0.1, 0.15) is 15.9 Å². The van der Waals surface area contributed by atoms with Gasteiger partial charge < -0.3 is 19.9 Å². The van der Waals surface area contributed by atoms with Gasteiger partial charge in [-0.05, 0) is 48.4 Å². The number of ether oxygens (including phenoxy) is 2. The van der Waals surface area contributed by atoms with Gasteiger partial charge in [-0.1, -0.05) is 12.1 Å². The average Bonchev–Trinajstić information content (AvgIpc) is 2.74. The number of aromatic hydroxyl groups is 1. The Balaban J connectivity index is 1.61. The van der Waals surface area contributed by atoms with Gasteiger partial charge in [0.15, 0.2) is 11.5 Å². The maximum Gasteiger partial charge on any atom is 0.252 e. The summed E-state index contributed by atoms with van der Waals surface area (Å²) in [6, 6.07) is 12.8. The maximum absolute atomic E-state index is 13.3. The number of halogens is 1. The lowest BCUT2D eigenvalue weighted by molar-refractivity contribution is 0.0954. The first-order valence-corrected chi connectivity index (χ1v) is 8.96. The number of pyridine rings is 1. The molecule has 6 nitrogen and oxygen atoms in total. The van der Waals surface area contributed by atoms with Crippen molar-refractivity contribution in [2.24, 2.45) is 0 Å². The van der Waals surface area contributed by atoms with E-state index >= 15 is 0 Å². The number of aromatic nitrogens is 1. The standard InChI is InChI=1S/C22H21FN2O4/c1-28-19-10-14(11-20(29-2)21(19)26)8-9-24-22(27)16-6-7-18(25-13-16)15-4-3-5-17(23)12-15/h3-7,10-13,26H,8-9H2,1-2H3,(H,24,27). The molecule has 0 spiro atoms. The summed E-state index contributed by atoms with van der Waals surface area (Å²) in [5, 5.41) is 12.8. The van der Waals surface area contributed by atoms with E-state index in [1.807, 2.05) is 0 Å². The Morgan fingerprint density at radius 3 is 2.41 bits per heavy atom. The van der Waals surface area contributed by atoms with Crippen LogP contribution >= 0.6 is 0 Å². The van der Waals surface area contributed by atoms with Crippen LogP contribution in [0.2, 0.25) is 0 Å². The molecular formula is C22H21FN2O4. The van der Waals surface area contributed by atoms with Crippen molar-refractivity contribution in [3.8, 4) is 28.5 Å². The lowest BCUT2D eigenvalue weighted by atomic mass is 10.1.